The van der Waals surface area contributed by atoms with Crippen LogP contribution in [0, 0.1) is 0 Å². The van der Waals surface area contributed by atoms with Gasteiger partial charge in [0.25, 0.3) is 5.91 Å². The zero-order chi connectivity index (χ0) is 19.2. The van der Waals surface area contributed by atoms with Gasteiger partial charge < -0.3 is 9.64 Å². The molecule has 1 atom stereocenters. The van der Waals surface area contributed by atoms with Crippen molar-refractivity contribution in [3.63, 3.8) is 0 Å². The highest BCUT2D eigenvalue weighted by Gasteiger charge is 2.24. The summed E-state index contributed by atoms with van der Waals surface area (Å²) in [6.07, 6.45) is 3.74. The van der Waals surface area contributed by atoms with Crippen LogP contribution in [-0.2, 0) is 14.3 Å². The molecule has 0 unspecified atom stereocenters. The minimum absolute atomic E-state index is 0.225. The molecular weight excluding hydrogens is 382 g/mol. The largest absolute Gasteiger partial charge is 0.452 e. The normalized spacial score (nSPS) is 16.7. The van der Waals surface area contributed by atoms with Gasteiger partial charge in [-0.1, -0.05) is 48.9 Å². The summed E-state index contributed by atoms with van der Waals surface area (Å²) in [5.41, 5.74) is 1.59. The number of thioether (sulfide) groups is 1. The Morgan fingerprint density at radius 2 is 1.96 bits per heavy atom. The Balaban J connectivity index is 1.62. The van der Waals surface area contributed by atoms with E-state index in [1.54, 1.807) is 34.9 Å². The summed E-state index contributed by atoms with van der Waals surface area (Å²) in [5, 5.41) is 0.968. The van der Waals surface area contributed by atoms with Gasteiger partial charge in [0, 0.05) is 27.8 Å². The number of para-hydroxylation sites is 1. The van der Waals surface area contributed by atoms with E-state index in [1.165, 1.54) is 6.08 Å². The summed E-state index contributed by atoms with van der Waals surface area (Å²) >= 11 is 7.81. The van der Waals surface area contributed by atoms with Crippen LogP contribution in [0.3, 0.4) is 0 Å². The smallest absolute Gasteiger partial charge is 0.331 e. The standard InChI is InChI=1S/C21H20ClNO3S/c1-15-12-13-23(18-8-4-5-9-19(18)27-15)20(24)14-26-21(25)11-10-16-6-2-3-7-17(16)22/h2-11,15H,12-14H2,1H3/b11-10+/t15-/m0/s1. The average Bonchev–Trinajstić information content (AvgIpc) is 2.83. The first-order valence-corrected chi connectivity index (χ1v) is 9.96. The van der Waals surface area contributed by atoms with Gasteiger partial charge in [0.2, 0.25) is 0 Å². The molecule has 0 bridgehead atoms. The fourth-order valence-electron chi connectivity index (χ4n) is 2.77. The molecule has 0 spiro atoms. The number of hydrogen-bond donors (Lipinski definition) is 0. The maximum atomic E-state index is 12.6. The van der Waals surface area contributed by atoms with Crippen LogP contribution in [0.5, 0.6) is 0 Å². The predicted molar refractivity (Wildman–Crippen MR) is 110 cm³/mol. The summed E-state index contributed by atoms with van der Waals surface area (Å²) in [7, 11) is 0. The maximum absolute atomic E-state index is 12.6. The number of rotatable bonds is 4. The maximum Gasteiger partial charge on any atom is 0.331 e. The molecule has 6 heteroatoms. The van der Waals surface area contributed by atoms with E-state index in [0.717, 1.165) is 22.6 Å². The lowest BCUT2D eigenvalue weighted by Crippen LogP contribution is -2.35. The molecule has 0 radical (unpaired) electrons. The molecule has 2 aromatic rings. The molecule has 4 nitrogen and oxygen atoms in total. The van der Waals surface area contributed by atoms with Gasteiger partial charge in [-0.15, -0.1) is 11.8 Å². The Labute approximate surface area is 168 Å². The third-order valence-corrected chi connectivity index (χ3v) is 5.77. The van der Waals surface area contributed by atoms with E-state index in [9.17, 15) is 9.59 Å². The Morgan fingerprint density at radius 3 is 2.78 bits per heavy atom. The van der Waals surface area contributed by atoms with E-state index in [-0.39, 0.29) is 12.5 Å². The van der Waals surface area contributed by atoms with Crippen molar-refractivity contribution < 1.29 is 14.3 Å². The van der Waals surface area contributed by atoms with Crippen LogP contribution in [0.4, 0.5) is 5.69 Å². The number of nitrogens with zero attached hydrogens (tertiary/aromatic N) is 1. The Morgan fingerprint density at radius 1 is 1.22 bits per heavy atom. The lowest BCUT2D eigenvalue weighted by atomic mass is 10.2. The van der Waals surface area contributed by atoms with E-state index in [2.05, 4.69) is 6.92 Å². The zero-order valence-electron chi connectivity index (χ0n) is 14.9. The highest BCUT2D eigenvalue weighted by Crippen LogP contribution is 2.37. The van der Waals surface area contributed by atoms with Crippen LogP contribution >= 0.6 is 23.4 Å². The molecule has 1 amide bonds. The van der Waals surface area contributed by atoms with Crippen molar-refractivity contribution in [3.05, 3.63) is 65.2 Å². The molecule has 1 aliphatic rings. The van der Waals surface area contributed by atoms with Gasteiger partial charge in [0.05, 0.1) is 5.69 Å². The number of carbonyl (C=O) groups excluding carboxylic acids is 2. The van der Waals surface area contributed by atoms with Gasteiger partial charge in [0.15, 0.2) is 6.61 Å². The molecule has 0 aliphatic carbocycles. The van der Waals surface area contributed by atoms with Crippen molar-refractivity contribution in [2.75, 3.05) is 18.1 Å². The summed E-state index contributed by atoms with van der Waals surface area (Å²) in [5.74, 6) is -0.800. The van der Waals surface area contributed by atoms with Crippen molar-refractivity contribution >= 4 is 47.0 Å². The number of fused-ring (bicyclic) bond motifs is 1. The van der Waals surface area contributed by atoms with Crippen LogP contribution in [0.1, 0.15) is 18.9 Å². The fraction of sp³-hybridized carbons (Fsp3) is 0.238. The highest BCUT2D eigenvalue weighted by molar-refractivity contribution is 8.00. The number of amides is 1. The van der Waals surface area contributed by atoms with E-state index in [1.807, 2.05) is 36.4 Å². The number of anilines is 1. The van der Waals surface area contributed by atoms with Crippen molar-refractivity contribution in [2.45, 2.75) is 23.5 Å². The predicted octanol–water partition coefficient (Wildman–Crippen LogP) is 4.81. The fourth-order valence-corrected chi connectivity index (χ4v) is 4.08. The number of ether oxygens (including phenoxy) is 1. The molecule has 0 aromatic heterocycles. The van der Waals surface area contributed by atoms with Gasteiger partial charge >= 0.3 is 5.97 Å². The van der Waals surface area contributed by atoms with Gasteiger partial charge in [-0.25, -0.2) is 4.79 Å². The zero-order valence-corrected chi connectivity index (χ0v) is 16.5. The van der Waals surface area contributed by atoms with Crippen molar-refractivity contribution in [1.29, 1.82) is 0 Å². The van der Waals surface area contributed by atoms with Crippen molar-refractivity contribution in [3.8, 4) is 0 Å². The number of hydrogen-bond acceptors (Lipinski definition) is 4. The monoisotopic (exact) mass is 401 g/mol. The summed E-state index contributed by atoms with van der Waals surface area (Å²) in [4.78, 5) is 27.4. The number of benzene rings is 2. The highest BCUT2D eigenvalue weighted by atomic mass is 35.5. The lowest BCUT2D eigenvalue weighted by molar-refractivity contribution is -0.142. The molecule has 0 saturated carbocycles. The first kappa shape index (κ1) is 19.5. The Bertz CT molecular complexity index is 868. The molecular formula is C21H20ClNO3S. The molecule has 140 valence electrons. The number of halogens is 1. The van der Waals surface area contributed by atoms with Gasteiger partial charge in [-0.2, -0.15) is 0 Å². The van der Waals surface area contributed by atoms with E-state index in [4.69, 9.17) is 16.3 Å². The second-order valence-corrected chi connectivity index (χ2v) is 8.08. The van der Waals surface area contributed by atoms with E-state index >= 15 is 0 Å². The minimum atomic E-state index is -0.575. The molecule has 1 aliphatic heterocycles. The van der Waals surface area contributed by atoms with Gasteiger partial charge in [-0.05, 0) is 36.3 Å². The number of esters is 1. The van der Waals surface area contributed by atoms with Crippen LogP contribution in [0.25, 0.3) is 6.08 Å². The first-order chi connectivity index (χ1) is 13.0. The molecule has 2 aromatic carbocycles. The topological polar surface area (TPSA) is 46.6 Å². The number of carbonyl (C=O) groups is 2. The van der Waals surface area contributed by atoms with Gasteiger partial charge in [0.1, 0.15) is 0 Å². The summed E-state index contributed by atoms with van der Waals surface area (Å²) in [6.45, 7) is 2.46. The first-order valence-electron chi connectivity index (χ1n) is 8.70. The minimum Gasteiger partial charge on any atom is -0.452 e. The second kappa shape index (κ2) is 9.11. The lowest BCUT2D eigenvalue weighted by Gasteiger charge is -2.22. The van der Waals surface area contributed by atoms with E-state index < -0.39 is 5.97 Å². The summed E-state index contributed by atoms with van der Waals surface area (Å²) in [6, 6.07) is 15.0. The second-order valence-electron chi connectivity index (χ2n) is 6.19. The quantitative estimate of drug-likeness (QED) is 0.544. The molecule has 27 heavy (non-hydrogen) atoms. The Hall–Kier alpha value is -2.24. The third kappa shape index (κ3) is 5.15. The molecule has 3 rings (SSSR count). The van der Waals surface area contributed by atoms with Crippen LogP contribution < -0.4 is 4.90 Å². The van der Waals surface area contributed by atoms with Crippen LogP contribution in [0.15, 0.2) is 59.5 Å². The molecule has 0 N–H and O–H groups in total. The van der Waals surface area contributed by atoms with E-state index in [0.29, 0.717) is 16.8 Å². The van der Waals surface area contributed by atoms with Crippen LogP contribution in [-0.4, -0.2) is 30.3 Å². The molecule has 1 heterocycles. The third-order valence-electron chi connectivity index (χ3n) is 4.19. The van der Waals surface area contributed by atoms with Gasteiger partial charge in [-0.3, -0.25) is 4.79 Å². The van der Waals surface area contributed by atoms with Crippen molar-refractivity contribution in [2.24, 2.45) is 0 Å². The summed E-state index contributed by atoms with van der Waals surface area (Å²) < 4.78 is 5.13. The molecule has 0 saturated heterocycles. The van der Waals surface area contributed by atoms with Crippen LogP contribution in [0.2, 0.25) is 5.02 Å². The SMILES string of the molecule is C[C@H]1CCN(C(=O)COC(=O)/C=C/c2ccccc2Cl)c2ccccc2S1. The molecule has 0 fully saturated rings. The van der Waals surface area contributed by atoms with Crippen molar-refractivity contribution in [1.82, 2.24) is 0 Å². The average molecular weight is 402 g/mol. The Kier molecular flexibility index (Phi) is 6.58.